The number of halogens is 1. The molecule has 2 heteroatoms. The molecule has 0 bridgehead atoms. The minimum Gasteiger partial charge on any atom is -0.382 e. The van der Waals surface area contributed by atoms with Crippen molar-refractivity contribution in [3.63, 3.8) is 0 Å². The van der Waals surface area contributed by atoms with Crippen molar-refractivity contribution in [1.29, 1.82) is 0 Å². The van der Waals surface area contributed by atoms with Crippen molar-refractivity contribution in [2.24, 2.45) is 0 Å². The van der Waals surface area contributed by atoms with Crippen LogP contribution in [-0.2, 0) is 6.42 Å². The van der Waals surface area contributed by atoms with E-state index in [1.165, 1.54) is 40.5 Å². The summed E-state index contributed by atoms with van der Waals surface area (Å²) in [6.45, 7) is 4.42. The Morgan fingerprint density at radius 1 is 1.50 bits per heavy atom. The molecule has 0 fully saturated rings. The third-order valence-electron chi connectivity index (χ3n) is 2.99. The maximum atomic E-state index is 3.62. The van der Waals surface area contributed by atoms with Crippen LogP contribution in [0.25, 0.3) is 0 Å². The van der Waals surface area contributed by atoms with E-state index in [1.54, 1.807) is 0 Å². The molecule has 1 heterocycles. The van der Waals surface area contributed by atoms with Gasteiger partial charge in [0.15, 0.2) is 0 Å². The van der Waals surface area contributed by atoms with Crippen molar-refractivity contribution in [2.45, 2.75) is 39.2 Å². The van der Waals surface area contributed by atoms with E-state index in [1.807, 2.05) is 0 Å². The van der Waals surface area contributed by atoms with Gasteiger partial charge in [0.2, 0.25) is 0 Å². The smallest absolute Gasteiger partial charge is 0.0405 e. The topological polar surface area (TPSA) is 12.0 Å². The first-order valence-electron chi connectivity index (χ1n) is 5.26. The summed E-state index contributed by atoms with van der Waals surface area (Å²) in [7, 11) is 0. The summed E-state index contributed by atoms with van der Waals surface area (Å²) in [4.78, 5) is 0. The molecule has 1 unspecified atom stereocenters. The molecule has 1 aliphatic heterocycles. The van der Waals surface area contributed by atoms with Crippen LogP contribution in [-0.4, -0.2) is 6.04 Å². The molecular weight excluding hydrogens is 238 g/mol. The number of nitrogens with one attached hydrogen (secondary N) is 1. The summed E-state index contributed by atoms with van der Waals surface area (Å²) in [5, 5.41) is 3.62. The van der Waals surface area contributed by atoms with E-state index in [-0.39, 0.29) is 0 Å². The highest BCUT2D eigenvalue weighted by atomic mass is 79.9. The number of benzene rings is 1. The molecule has 76 valence electrons. The third-order valence-corrected chi connectivity index (χ3v) is 3.44. The van der Waals surface area contributed by atoms with Crippen LogP contribution in [0, 0.1) is 6.92 Å². The molecule has 2 rings (SSSR count). The van der Waals surface area contributed by atoms with Gasteiger partial charge in [0.1, 0.15) is 0 Å². The fraction of sp³-hybridized carbons (Fsp3) is 0.500. The number of anilines is 1. The second-order valence-electron chi connectivity index (χ2n) is 4.04. The van der Waals surface area contributed by atoms with Crippen molar-refractivity contribution in [2.75, 3.05) is 5.32 Å². The zero-order valence-electron chi connectivity index (χ0n) is 8.73. The second kappa shape index (κ2) is 3.93. The largest absolute Gasteiger partial charge is 0.382 e. The van der Waals surface area contributed by atoms with Crippen LogP contribution < -0.4 is 5.32 Å². The number of aryl methyl sites for hydroxylation is 2. The Balaban J connectivity index is 2.37. The molecule has 1 atom stereocenters. The van der Waals surface area contributed by atoms with Gasteiger partial charge in [0, 0.05) is 16.2 Å². The van der Waals surface area contributed by atoms with Crippen LogP contribution in [0.5, 0.6) is 0 Å². The molecule has 0 aromatic heterocycles. The standard InChI is InChI=1S/C12H16BrN/c1-3-11-5-4-9-7-10(13)6-8(2)12(9)14-11/h6-7,11,14H,3-5H2,1-2H3. The molecule has 1 aliphatic rings. The Kier molecular flexibility index (Phi) is 2.82. The van der Waals surface area contributed by atoms with Crippen LogP contribution in [0.1, 0.15) is 30.9 Å². The Bertz CT molecular complexity index is 346. The number of fused-ring (bicyclic) bond motifs is 1. The van der Waals surface area contributed by atoms with Crippen molar-refractivity contribution < 1.29 is 0 Å². The van der Waals surface area contributed by atoms with E-state index in [0.717, 1.165) is 0 Å². The van der Waals surface area contributed by atoms with Crippen LogP contribution in [0.4, 0.5) is 5.69 Å². The molecule has 0 saturated carbocycles. The lowest BCUT2D eigenvalue weighted by Gasteiger charge is -2.27. The lowest BCUT2D eigenvalue weighted by atomic mass is 9.94. The van der Waals surface area contributed by atoms with Gasteiger partial charge >= 0.3 is 0 Å². The lowest BCUT2D eigenvalue weighted by molar-refractivity contribution is 0.613. The quantitative estimate of drug-likeness (QED) is 0.801. The van der Waals surface area contributed by atoms with Gasteiger partial charge in [-0.2, -0.15) is 0 Å². The van der Waals surface area contributed by atoms with Gasteiger partial charge in [-0.15, -0.1) is 0 Å². The van der Waals surface area contributed by atoms with E-state index in [4.69, 9.17) is 0 Å². The third kappa shape index (κ3) is 1.81. The van der Waals surface area contributed by atoms with Crippen LogP contribution in [0.3, 0.4) is 0 Å². The zero-order chi connectivity index (χ0) is 10.1. The molecule has 1 nitrogen and oxygen atoms in total. The minimum atomic E-state index is 0.669. The van der Waals surface area contributed by atoms with Crippen LogP contribution in [0.2, 0.25) is 0 Å². The average Bonchev–Trinajstić information content (AvgIpc) is 2.17. The summed E-state index contributed by atoms with van der Waals surface area (Å²) in [6, 6.07) is 5.09. The maximum Gasteiger partial charge on any atom is 0.0405 e. The summed E-state index contributed by atoms with van der Waals surface area (Å²) >= 11 is 3.55. The van der Waals surface area contributed by atoms with E-state index in [9.17, 15) is 0 Å². The van der Waals surface area contributed by atoms with Gasteiger partial charge in [-0.05, 0) is 49.4 Å². The summed E-state index contributed by atoms with van der Waals surface area (Å²) < 4.78 is 1.20. The Labute approximate surface area is 94.0 Å². The van der Waals surface area contributed by atoms with Gasteiger partial charge in [-0.1, -0.05) is 22.9 Å². The molecule has 1 aromatic rings. The predicted octanol–water partition coefficient (Wildman–Crippen LogP) is 3.89. The van der Waals surface area contributed by atoms with E-state index >= 15 is 0 Å². The highest BCUT2D eigenvalue weighted by Crippen LogP contribution is 2.31. The Morgan fingerprint density at radius 3 is 3.00 bits per heavy atom. The lowest BCUT2D eigenvalue weighted by Crippen LogP contribution is -2.25. The van der Waals surface area contributed by atoms with Gasteiger partial charge in [-0.3, -0.25) is 0 Å². The number of hydrogen-bond acceptors (Lipinski definition) is 1. The molecule has 14 heavy (non-hydrogen) atoms. The van der Waals surface area contributed by atoms with Crippen molar-refractivity contribution in [3.05, 3.63) is 27.7 Å². The highest BCUT2D eigenvalue weighted by Gasteiger charge is 2.17. The van der Waals surface area contributed by atoms with E-state index in [2.05, 4.69) is 47.2 Å². The normalized spacial score (nSPS) is 20.1. The first kappa shape index (κ1) is 10.0. The fourth-order valence-corrected chi connectivity index (χ4v) is 2.75. The molecular formula is C12H16BrN. The van der Waals surface area contributed by atoms with Crippen molar-refractivity contribution in [3.8, 4) is 0 Å². The van der Waals surface area contributed by atoms with Crippen LogP contribution in [0.15, 0.2) is 16.6 Å². The first-order valence-corrected chi connectivity index (χ1v) is 6.05. The second-order valence-corrected chi connectivity index (χ2v) is 4.96. The predicted molar refractivity (Wildman–Crippen MR) is 64.9 cm³/mol. The van der Waals surface area contributed by atoms with Crippen molar-refractivity contribution >= 4 is 21.6 Å². The van der Waals surface area contributed by atoms with Gasteiger partial charge in [0.05, 0.1) is 0 Å². The highest BCUT2D eigenvalue weighted by molar-refractivity contribution is 9.10. The fourth-order valence-electron chi connectivity index (χ4n) is 2.13. The van der Waals surface area contributed by atoms with Crippen LogP contribution >= 0.6 is 15.9 Å². The maximum absolute atomic E-state index is 3.62. The summed E-state index contributed by atoms with van der Waals surface area (Å²) in [6.07, 6.45) is 3.69. The molecule has 1 N–H and O–H groups in total. The monoisotopic (exact) mass is 253 g/mol. The molecule has 0 spiro atoms. The number of hydrogen-bond donors (Lipinski definition) is 1. The van der Waals surface area contributed by atoms with E-state index in [0.29, 0.717) is 6.04 Å². The Morgan fingerprint density at radius 2 is 2.29 bits per heavy atom. The zero-order valence-corrected chi connectivity index (χ0v) is 10.3. The summed E-state index contributed by atoms with van der Waals surface area (Å²) in [5.74, 6) is 0. The van der Waals surface area contributed by atoms with Crippen molar-refractivity contribution in [1.82, 2.24) is 0 Å². The molecule has 0 amide bonds. The minimum absolute atomic E-state index is 0.669. The number of rotatable bonds is 1. The molecule has 1 aromatic carbocycles. The SMILES string of the molecule is CCC1CCc2cc(Br)cc(C)c2N1. The average molecular weight is 254 g/mol. The first-order chi connectivity index (χ1) is 6.70. The molecule has 0 radical (unpaired) electrons. The van der Waals surface area contributed by atoms with Gasteiger partial charge in [-0.25, -0.2) is 0 Å². The van der Waals surface area contributed by atoms with Gasteiger partial charge in [0.25, 0.3) is 0 Å². The Hall–Kier alpha value is -0.500. The van der Waals surface area contributed by atoms with Gasteiger partial charge < -0.3 is 5.32 Å². The molecule has 0 saturated heterocycles. The summed E-state index contributed by atoms with van der Waals surface area (Å²) in [5.41, 5.74) is 4.18. The van der Waals surface area contributed by atoms with E-state index < -0.39 is 0 Å². The molecule has 0 aliphatic carbocycles.